The van der Waals surface area contributed by atoms with Gasteiger partial charge in [0.05, 0.1) is 35.1 Å². The summed E-state index contributed by atoms with van der Waals surface area (Å²) in [4.78, 5) is 43.3. The third-order valence-electron chi connectivity index (χ3n) is 7.91. The number of carbonyl (C=O) groups is 2. The van der Waals surface area contributed by atoms with Crippen molar-refractivity contribution in [2.24, 2.45) is 0 Å². The third-order valence-corrected chi connectivity index (χ3v) is 8.48. The maximum atomic E-state index is 14.9. The fourth-order valence-corrected chi connectivity index (χ4v) is 6.12. The van der Waals surface area contributed by atoms with Crippen LogP contribution in [-0.4, -0.2) is 35.8 Å². The summed E-state index contributed by atoms with van der Waals surface area (Å²) in [5.41, 5.74) is 2.05. The number of fused-ring (bicyclic) bond motifs is 5. The Kier molecular flexibility index (Phi) is 5.48. The van der Waals surface area contributed by atoms with Gasteiger partial charge in [-0.05, 0) is 71.5 Å². The third kappa shape index (κ3) is 3.33. The molecule has 9 nitrogen and oxygen atoms in total. The minimum Gasteiger partial charge on any atom is -0.458 e. The lowest BCUT2D eigenvalue weighted by molar-refractivity contribution is -0.172. The van der Waals surface area contributed by atoms with E-state index in [-0.39, 0.29) is 30.7 Å². The Bertz CT molecular complexity index is 1620. The second-order valence-corrected chi connectivity index (χ2v) is 10.9. The van der Waals surface area contributed by atoms with Gasteiger partial charge in [-0.25, -0.2) is 14.2 Å². The van der Waals surface area contributed by atoms with E-state index in [0.29, 0.717) is 40.9 Å². The molecular formula is C26H23FIN3O6. The Hall–Kier alpha value is -2.90. The van der Waals surface area contributed by atoms with Crippen LogP contribution in [-0.2, 0) is 39.5 Å². The predicted octanol–water partition coefficient (Wildman–Crippen LogP) is 2.38. The van der Waals surface area contributed by atoms with Crippen molar-refractivity contribution in [1.29, 1.82) is 0 Å². The van der Waals surface area contributed by atoms with Crippen LogP contribution in [0.4, 0.5) is 4.39 Å². The number of benzene rings is 1. The smallest absolute Gasteiger partial charge is 0.343 e. The zero-order valence-corrected chi connectivity index (χ0v) is 22.2. The number of ether oxygens (including phenoxy) is 1. The molecule has 2 aromatic heterocycles. The number of nitrogens with one attached hydrogen (secondary N) is 1. The van der Waals surface area contributed by atoms with Crippen LogP contribution in [0.2, 0.25) is 0 Å². The lowest BCUT2D eigenvalue weighted by atomic mass is 9.81. The number of rotatable bonds is 3. The molecule has 1 aromatic carbocycles. The summed E-state index contributed by atoms with van der Waals surface area (Å²) in [6, 6.07) is 2.48. The number of aromatic nitrogens is 2. The molecule has 0 radical (unpaired) electrons. The van der Waals surface area contributed by atoms with Crippen molar-refractivity contribution in [3.63, 3.8) is 0 Å². The zero-order chi connectivity index (χ0) is 26.4. The van der Waals surface area contributed by atoms with E-state index in [2.05, 4.69) is 5.32 Å². The SMILES string of the molecule is CC[C@@]1(O)C(=O)OCc2c1cc1n(c2=O)Cc2c-1nc1cc(F)c(C)c3c1c2[C@@H](NC(=O)C(O)I)CC3. The molecule has 0 saturated heterocycles. The minimum atomic E-state index is -1.96. The Balaban J connectivity index is 1.65. The molecular weight excluding hydrogens is 596 g/mol. The number of hydrogen-bond acceptors (Lipinski definition) is 7. The van der Waals surface area contributed by atoms with Crippen LogP contribution in [0.5, 0.6) is 0 Å². The number of halogens is 2. The van der Waals surface area contributed by atoms with E-state index in [1.807, 2.05) is 0 Å². The van der Waals surface area contributed by atoms with Gasteiger partial charge >= 0.3 is 5.97 Å². The van der Waals surface area contributed by atoms with Crippen LogP contribution in [0.15, 0.2) is 16.9 Å². The van der Waals surface area contributed by atoms with Crippen molar-refractivity contribution in [1.82, 2.24) is 14.9 Å². The molecule has 37 heavy (non-hydrogen) atoms. The van der Waals surface area contributed by atoms with Gasteiger partial charge in [0.25, 0.3) is 11.5 Å². The van der Waals surface area contributed by atoms with Crippen molar-refractivity contribution in [3.05, 3.63) is 61.7 Å². The zero-order valence-electron chi connectivity index (χ0n) is 20.0. The van der Waals surface area contributed by atoms with Crippen LogP contribution in [0.3, 0.4) is 0 Å². The van der Waals surface area contributed by atoms with Crippen LogP contribution < -0.4 is 10.9 Å². The summed E-state index contributed by atoms with van der Waals surface area (Å²) in [5.74, 6) is -1.75. The van der Waals surface area contributed by atoms with Gasteiger partial charge in [0.1, 0.15) is 12.4 Å². The molecule has 4 heterocycles. The fraction of sp³-hybridized carbons (Fsp3) is 0.385. The van der Waals surface area contributed by atoms with Crippen molar-refractivity contribution in [3.8, 4) is 11.4 Å². The maximum absolute atomic E-state index is 14.9. The quantitative estimate of drug-likeness (QED) is 0.183. The highest BCUT2D eigenvalue weighted by Crippen LogP contribution is 2.45. The number of hydrogen-bond donors (Lipinski definition) is 3. The van der Waals surface area contributed by atoms with Crippen LogP contribution in [0.1, 0.15) is 59.2 Å². The van der Waals surface area contributed by atoms with Crippen LogP contribution in [0.25, 0.3) is 22.3 Å². The van der Waals surface area contributed by atoms with E-state index in [4.69, 9.17) is 9.72 Å². The number of amides is 1. The van der Waals surface area contributed by atoms with E-state index in [0.717, 1.165) is 16.5 Å². The van der Waals surface area contributed by atoms with Gasteiger partial charge in [-0.15, -0.1) is 0 Å². The van der Waals surface area contributed by atoms with Gasteiger partial charge in [0.15, 0.2) is 9.71 Å². The molecule has 0 saturated carbocycles. The van der Waals surface area contributed by atoms with Crippen LogP contribution in [0, 0.1) is 12.7 Å². The Morgan fingerprint density at radius 3 is 2.81 bits per heavy atom. The van der Waals surface area contributed by atoms with Gasteiger partial charge < -0.3 is 24.8 Å². The molecule has 3 atom stereocenters. The van der Waals surface area contributed by atoms with Gasteiger partial charge in [-0.2, -0.15) is 0 Å². The van der Waals surface area contributed by atoms with Crippen molar-refractivity contribution in [2.75, 3.05) is 0 Å². The Morgan fingerprint density at radius 1 is 1.35 bits per heavy atom. The topological polar surface area (TPSA) is 131 Å². The number of carbonyl (C=O) groups excluding carboxylic acids is 2. The molecule has 192 valence electrons. The highest BCUT2D eigenvalue weighted by molar-refractivity contribution is 14.1. The summed E-state index contributed by atoms with van der Waals surface area (Å²) in [5, 5.41) is 24.6. The molecule has 3 aromatic rings. The molecule has 11 heteroatoms. The first kappa shape index (κ1) is 24.4. The number of aryl methyl sites for hydroxylation is 1. The lowest BCUT2D eigenvalue weighted by Crippen LogP contribution is -2.44. The van der Waals surface area contributed by atoms with E-state index < -0.39 is 39.0 Å². The van der Waals surface area contributed by atoms with Crippen molar-refractivity contribution in [2.45, 2.75) is 62.0 Å². The van der Waals surface area contributed by atoms with Crippen molar-refractivity contribution < 1.29 is 28.9 Å². The molecule has 0 bridgehead atoms. The molecule has 0 fully saturated rings. The molecule has 1 aliphatic carbocycles. The monoisotopic (exact) mass is 619 g/mol. The Morgan fingerprint density at radius 2 is 2.11 bits per heavy atom. The second kappa shape index (κ2) is 8.30. The number of cyclic esters (lactones) is 1. The first-order chi connectivity index (χ1) is 17.6. The number of aliphatic hydroxyl groups excluding tert-OH is 1. The predicted molar refractivity (Wildman–Crippen MR) is 138 cm³/mol. The van der Waals surface area contributed by atoms with E-state index >= 15 is 0 Å². The number of pyridine rings is 2. The molecule has 0 spiro atoms. The highest BCUT2D eigenvalue weighted by Gasteiger charge is 2.46. The summed E-state index contributed by atoms with van der Waals surface area (Å²) in [6.07, 6.45) is 1.02. The highest BCUT2D eigenvalue weighted by atomic mass is 127. The summed E-state index contributed by atoms with van der Waals surface area (Å²) < 4.78 is 20.3. The fourth-order valence-electron chi connectivity index (χ4n) is 5.94. The Labute approximate surface area is 223 Å². The number of aliphatic hydroxyl groups is 2. The van der Waals surface area contributed by atoms with Gasteiger partial charge in [0, 0.05) is 22.6 Å². The largest absolute Gasteiger partial charge is 0.458 e. The van der Waals surface area contributed by atoms with Crippen LogP contribution >= 0.6 is 22.6 Å². The molecule has 3 N–H and O–H groups in total. The number of alkyl halides is 1. The van der Waals surface area contributed by atoms with Gasteiger partial charge in [0.2, 0.25) is 0 Å². The molecule has 1 amide bonds. The standard InChI is InChI=1S/C26H23FIN3O6/c1-3-26(36)14-6-18-21-12(8-31(18)24(34)13(14)9-37-25(26)35)20-16(30-23(33)22(28)32)5-4-11-10(2)15(27)7-17(29-21)19(11)20/h6-7,16,22,32,36H,3-5,8-9H2,1-2H3,(H,30,33)/t16-,22?,26-/m0/s1. The first-order valence-electron chi connectivity index (χ1n) is 12.0. The summed E-state index contributed by atoms with van der Waals surface area (Å²) in [7, 11) is 0. The molecule has 3 aliphatic rings. The molecule has 1 unspecified atom stereocenters. The van der Waals surface area contributed by atoms with E-state index in [1.165, 1.54) is 10.6 Å². The summed E-state index contributed by atoms with van der Waals surface area (Å²) >= 11 is 1.63. The average Bonchev–Trinajstić information content (AvgIpc) is 3.24. The van der Waals surface area contributed by atoms with E-state index in [1.54, 1.807) is 42.5 Å². The van der Waals surface area contributed by atoms with Crippen molar-refractivity contribution >= 4 is 45.4 Å². The molecule has 6 rings (SSSR count). The maximum Gasteiger partial charge on any atom is 0.343 e. The molecule has 2 aliphatic heterocycles. The second-order valence-electron chi connectivity index (χ2n) is 9.75. The normalized spacial score (nSPS) is 22.2. The average molecular weight is 619 g/mol. The minimum absolute atomic E-state index is 0.0194. The number of nitrogens with zero attached hydrogens (tertiary/aromatic N) is 2. The summed E-state index contributed by atoms with van der Waals surface area (Å²) in [6.45, 7) is 3.26. The lowest BCUT2D eigenvalue weighted by Gasteiger charge is -2.31. The first-order valence-corrected chi connectivity index (χ1v) is 13.3. The van der Waals surface area contributed by atoms with Gasteiger partial charge in [-0.1, -0.05) is 6.92 Å². The van der Waals surface area contributed by atoms with E-state index in [9.17, 15) is 29.0 Å². The van der Waals surface area contributed by atoms with Gasteiger partial charge in [-0.3, -0.25) is 9.59 Å². The number of esters is 1.